The van der Waals surface area contributed by atoms with E-state index in [1.165, 1.54) is 39.0 Å². The number of piperidine rings is 1. The van der Waals surface area contributed by atoms with Gasteiger partial charge >= 0.3 is 0 Å². The molecule has 2 fully saturated rings. The largest absolute Gasteiger partial charge is 0.488 e. The second kappa shape index (κ2) is 10.8. The molecule has 0 saturated carbocycles. The number of aliphatic hydroxyl groups excluding tert-OH is 1. The molecule has 5 rings (SSSR count). The van der Waals surface area contributed by atoms with E-state index in [2.05, 4.69) is 49.3 Å². The highest BCUT2D eigenvalue weighted by Gasteiger charge is 2.43. The number of halogens is 1. The molecule has 2 aliphatic rings. The minimum absolute atomic E-state index is 0.0161. The first-order valence-corrected chi connectivity index (χ1v) is 13.3. The maximum atomic E-state index is 15.2. The van der Waals surface area contributed by atoms with Gasteiger partial charge in [-0.25, -0.2) is 19.2 Å². The van der Waals surface area contributed by atoms with Crippen LogP contribution < -0.4 is 20.0 Å². The van der Waals surface area contributed by atoms with Crippen molar-refractivity contribution >= 4 is 23.1 Å². The lowest BCUT2D eigenvalue weighted by Gasteiger charge is -2.48. The first kappa shape index (κ1) is 27.5. The van der Waals surface area contributed by atoms with Crippen LogP contribution in [0.4, 0.5) is 27.5 Å². The van der Waals surface area contributed by atoms with Crippen molar-refractivity contribution in [2.75, 3.05) is 23.8 Å². The Balaban J connectivity index is 1.44. The van der Waals surface area contributed by atoms with Crippen molar-refractivity contribution < 1.29 is 18.9 Å². The summed E-state index contributed by atoms with van der Waals surface area (Å²) in [6, 6.07) is 3.11. The van der Waals surface area contributed by atoms with Gasteiger partial charge in [-0.05, 0) is 64.0 Å². The number of benzene rings is 1. The van der Waals surface area contributed by atoms with Crippen LogP contribution >= 0.6 is 0 Å². The minimum atomic E-state index is -0.807. The lowest BCUT2D eigenvalue weighted by atomic mass is 9.84. The number of anilines is 3. The molecule has 4 heterocycles. The third-order valence-electron chi connectivity index (χ3n) is 7.47. The standard InChI is InChI=1S/C26H34FN10O3/c1-16(38)14-40-23-10-19(27)20(11-22(23)36-15-30-34(5)37(36)39)32-25-29-13-21(28-4)24(33-25)31-17-9-18-7-6-8-35(18)26(2,3)12-17/h10-11,13,15-18,38H,6-9,12,14H2,1-3,5H3,(H2,29,31,32,33)/q+1/t16-,17-,18+/m1/s1. The zero-order valence-corrected chi connectivity index (χ0v) is 23.0. The summed E-state index contributed by atoms with van der Waals surface area (Å²) in [4.78, 5) is 28.5. The van der Waals surface area contributed by atoms with Gasteiger partial charge in [-0.1, -0.05) is 4.68 Å². The smallest absolute Gasteiger partial charge is 0.278 e. The molecule has 13 nitrogen and oxygen atoms in total. The number of aromatic nitrogens is 6. The molecule has 3 atom stereocenters. The SMILES string of the molecule is [C-]#[N+]c1cnc(Nc2cc(-n3cnn(C)[n+]3=O)c(OC[C@@H](C)O)cc2F)nc1N[C@@H]1C[C@@H]2CCCN2C(C)(C)C1. The number of nitrogens with zero attached hydrogens (tertiary/aromatic N) is 8. The number of hydrogen-bond acceptors (Lipinski definition) is 9. The normalized spacial score (nSPS) is 20.9. The van der Waals surface area contributed by atoms with Gasteiger partial charge in [0.05, 0.1) is 30.5 Å². The monoisotopic (exact) mass is 553 g/mol. The molecule has 0 unspecified atom stereocenters. The quantitative estimate of drug-likeness (QED) is 0.284. The lowest BCUT2D eigenvalue weighted by molar-refractivity contribution is -0.672. The lowest BCUT2D eigenvalue weighted by Crippen LogP contribution is -2.55. The fourth-order valence-corrected chi connectivity index (χ4v) is 5.71. The molecule has 0 spiro atoms. The van der Waals surface area contributed by atoms with Gasteiger partial charge in [0, 0.05) is 34.7 Å². The fourth-order valence-electron chi connectivity index (χ4n) is 5.71. The number of rotatable bonds is 8. The highest BCUT2D eigenvalue weighted by Crippen LogP contribution is 2.39. The Kier molecular flexibility index (Phi) is 7.43. The van der Waals surface area contributed by atoms with Crippen LogP contribution in [-0.2, 0) is 7.05 Å². The summed E-state index contributed by atoms with van der Waals surface area (Å²) in [5.74, 6) is -0.175. The highest BCUT2D eigenvalue weighted by molar-refractivity contribution is 5.69. The van der Waals surface area contributed by atoms with E-state index in [0.29, 0.717) is 16.5 Å². The molecule has 3 N–H and O–H groups in total. The molecule has 0 radical (unpaired) electrons. The average molecular weight is 554 g/mol. The molecule has 0 bridgehead atoms. The van der Waals surface area contributed by atoms with E-state index >= 15 is 4.39 Å². The Morgan fingerprint density at radius 3 is 2.90 bits per heavy atom. The molecular formula is C26H34FN10O3+. The van der Waals surface area contributed by atoms with E-state index in [-0.39, 0.29) is 46.9 Å². The molecular weight excluding hydrogens is 519 g/mol. The molecule has 2 saturated heterocycles. The van der Waals surface area contributed by atoms with Crippen molar-refractivity contribution in [2.45, 2.75) is 70.2 Å². The Bertz CT molecular complexity index is 1490. The van der Waals surface area contributed by atoms with Gasteiger partial charge in [0.1, 0.15) is 23.9 Å². The molecule has 2 aliphatic heterocycles. The Morgan fingerprint density at radius 1 is 1.40 bits per heavy atom. The Hall–Kier alpha value is -4.09. The van der Waals surface area contributed by atoms with Crippen molar-refractivity contribution in [3.63, 3.8) is 0 Å². The van der Waals surface area contributed by atoms with Gasteiger partial charge in [0.25, 0.3) is 6.33 Å². The number of ether oxygens (including phenoxy) is 1. The summed E-state index contributed by atoms with van der Waals surface area (Å²) in [7, 11) is 1.46. The van der Waals surface area contributed by atoms with Gasteiger partial charge in [-0.15, -0.1) is 0 Å². The molecule has 2 aromatic heterocycles. The van der Waals surface area contributed by atoms with E-state index in [1.54, 1.807) is 0 Å². The molecule has 40 heavy (non-hydrogen) atoms. The summed E-state index contributed by atoms with van der Waals surface area (Å²) in [6.45, 7) is 14.6. The van der Waals surface area contributed by atoms with Crippen molar-refractivity contribution in [1.82, 2.24) is 29.4 Å². The van der Waals surface area contributed by atoms with Gasteiger partial charge in [0.15, 0.2) is 10.5 Å². The summed E-state index contributed by atoms with van der Waals surface area (Å²) >= 11 is 0. The first-order valence-electron chi connectivity index (χ1n) is 13.3. The third-order valence-corrected chi connectivity index (χ3v) is 7.47. The van der Waals surface area contributed by atoms with Crippen LogP contribution in [0.15, 0.2) is 24.7 Å². The van der Waals surface area contributed by atoms with Crippen LogP contribution in [-0.4, -0.2) is 71.4 Å². The summed E-state index contributed by atoms with van der Waals surface area (Å²) < 4.78 is 22.4. The zero-order chi connectivity index (χ0) is 28.6. The second-order valence-corrected chi connectivity index (χ2v) is 11.0. The van der Waals surface area contributed by atoms with Crippen LogP contribution in [0.1, 0.15) is 46.5 Å². The summed E-state index contributed by atoms with van der Waals surface area (Å²) in [6.07, 6.45) is 6.06. The number of nitrogens with one attached hydrogen (secondary N) is 2. The molecule has 1 aromatic carbocycles. The van der Waals surface area contributed by atoms with Gasteiger partial charge in [-0.2, -0.15) is 0 Å². The number of aliphatic hydroxyl groups is 1. The number of hydrogen-bond donors (Lipinski definition) is 3. The van der Waals surface area contributed by atoms with E-state index in [9.17, 15) is 10.0 Å². The molecule has 14 heteroatoms. The van der Waals surface area contributed by atoms with E-state index < -0.39 is 11.9 Å². The minimum Gasteiger partial charge on any atom is -0.488 e. The van der Waals surface area contributed by atoms with Crippen molar-refractivity contribution in [1.29, 1.82) is 0 Å². The first-order chi connectivity index (χ1) is 19.1. The Morgan fingerprint density at radius 2 is 2.20 bits per heavy atom. The molecule has 0 aliphatic carbocycles. The summed E-state index contributed by atoms with van der Waals surface area (Å²) in [5.41, 5.74) is 0.480. The van der Waals surface area contributed by atoms with Crippen LogP contribution in [0.25, 0.3) is 10.5 Å². The Labute approximate surface area is 231 Å². The topological polar surface area (TPSA) is 133 Å². The van der Waals surface area contributed by atoms with Crippen LogP contribution in [0.5, 0.6) is 5.75 Å². The molecule has 3 aromatic rings. The fraction of sp³-hybridized carbons (Fsp3) is 0.538. The van der Waals surface area contributed by atoms with Crippen molar-refractivity contribution in [3.05, 3.63) is 46.8 Å². The highest BCUT2D eigenvalue weighted by atomic mass is 19.1. The number of fused-ring (bicyclic) bond motifs is 1. The average Bonchev–Trinajstić information content (AvgIpc) is 3.51. The van der Waals surface area contributed by atoms with Crippen LogP contribution in [0.3, 0.4) is 0 Å². The van der Waals surface area contributed by atoms with Crippen molar-refractivity contribution in [3.8, 4) is 11.4 Å². The van der Waals surface area contributed by atoms with Crippen molar-refractivity contribution in [2.24, 2.45) is 7.05 Å². The third kappa shape index (κ3) is 5.47. The van der Waals surface area contributed by atoms with E-state index in [1.807, 2.05) is 0 Å². The van der Waals surface area contributed by atoms with Gasteiger partial charge in [0.2, 0.25) is 11.6 Å². The second-order valence-electron chi connectivity index (χ2n) is 11.0. The predicted octanol–water partition coefficient (Wildman–Crippen LogP) is 2.93. The van der Waals surface area contributed by atoms with E-state index in [4.69, 9.17) is 11.3 Å². The molecule has 0 amide bonds. The van der Waals surface area contributed by atoms with Crippen LogP contribution in [0, 0.1) is 17.3 Å². The predicted molar refractivity (Wildman–Crippen MR) is 145 cm³/mol. The number of tetrazole rings is 1. The van der Waals surface area contributed by atoms with E-state index in [0.717, 1.165) is 41.4 Å². The zero-order valence-electron chi connectivity index (χ0n) is 23.0. The number of aryl methyl sites for hydroxylation is 1. The van der Waals surface area contributed by atoms with Gasteiger partial charge in [-0.3, -0.25) is 4.90 Å². The maximum Gasteiger partial charge on any atom is 0.278 e. The molecule has 212 valence electrons. The summed E-state index contributed by atoms with van der Waals surface area (Å²) in [5, 5.41) is 19.9. The maximum absolute atomic E-state index is 15.2. The van der Waals surface area contributed by atoms with Gasteiger partial charge < -0.3 is 20.5 Å². The van der Waals surface area contributed by atoms with Crippen LogP contribution in [0.2, 0.25) is 0 Å².